The summed E-state index contributed by atoms with van der Waals surface area (Å²) in [7, 11) is 3.53. The van der Waals surface area contributed by atoms with Gasteiger partial charge in [0.15, 0.2) is 11.5 Å². The molecule has 2 aromatic carbocycles. The maximum absolute atomic E-state index is 10.7. The van der Waals surface area contributed by atoms with Gasteiger partial charge < -0.3 is 14.6 Å². The number of hydrogen-bond donors (Lipinski definition) is 1. The molecule has 0 radical (unpaired) electrons. The van der Waals surface area contributed by atoms with E-state index in [1.165, 1.54) is 0 Å². The Kier molecular flexibility index (Phi) is 9.31. The van der Waals surface area contributed by atoms with E-state index in [0.29, 0.717) is 36.9 Å². The Morgan fingerprint density at radius 2 is 1.79 bits per heavy atom. The molecule has 1 N–H and O–H groups in total. The monoisotopic (exact) mass is 463 g/mol. The first-order valence-corrected chi connectivity index (χ1v) is 11.9. The Morgan fingerprint density at radius 1 is 1.12 bits per heavy atom. The standard InChI is InChI=1S/C28H37N3O3/c1-6-8-16-23(32)19-31(21(3)7-2)20-24-27(22-14-10-9-11-15-22)29-30(4)28(24)34-26-18-13-12-17-25(26)33-5/h6,9-15,17-18,21,23,32H,1,7-8,16,19-20H2,2-5H3/t21-,23-/m0/s1. The summed E-state index contributed by atoms with van der Waals surface area (Å²) < 4.78 is 13.7. The van der Waals surface area contributed by atoms with Gasteiger partial charge in [-0.25, -0.2) is 4.68 Å². The van der Waals surface area contributed by atoms with Gasteiger partial charge in [0.1, 0.15) is 5.69 Å². The van der Waals surface area contributed by atoms with Crippen LogP contribution in [-0.4, -0.2) is 45.6 Å². The van der Waals surface area contributed by atoms with Crippen molar-refractivity contribution >= 4 is 0 Å². The van der Waals surface area contributed by atoms with E-state index < -0.39 is 6.10 Å². The van der Waals surface area contributed by atoms with Crippen molar-refractivity contribution in [1.82, 2.24) is 14.7 Å². The van der Waals surface area contributed by atoms with Crippen molar-refractivity contribution < 1.29 is 14.6 Å². The summed E-state index contributed by atoms with van der Waals surface area (Å²) in [5.74, 6) is 1.96. The minimum Gasteiger partial charge on any atom is -0.493 e. The molecule has 0 amide bonds. The molecule has 0 aliphatic carbocycles. The molecule has 0 fully saturated rings. The van der Waals surface area contributed by atoms with Gasteiger partial charge in [-0.3, -0.25) is 4.90 Å². The lowest BCUT2D eigenvalue weighted by Crippen LogP contribution is -2.38. The lowest BCUT2D eigenvalue weighted by atomic mass is 10.1. The smallest absolute Gasteiger partial charge is 0.222 e. The molecule has 3 rings (SSSR count). The number of aliphatic hydroxyl groups is 1. The van der Waals surface area contributed by atoms with E-state index in [1.807, 2.05) is 55.6 Å². The first-order chi connectivity index (χ1) is 16.5. The molecule has 1 aromatic heterocycles. The zero-order chi connectivity index (χ0) is 24.5. The molecule has 6 heteroatoms. The average Bonchev–Trinajstić information content (AvgIpc) is 3.17. The van der Waals surface area contributed by atoms with Gasteiger partial charge in [0.05, 0.1) is 18.8 Å². The maximum Gasteiger partial charge on any atom is 0.222 e. The number of aromatic nitrogens is 2. The van der Waals surface area contributed by atoms with Crippen molar-refractivity contribution in [2.45, 2.75) is 51.8 Å². The normalized spacial score (nSPS) is 13.0. The van der Waals surface area contributed by atoms with Gasteiger partial charge in [-0.2, -0.15) is 5.10 Å². The van der Waals surface area contributed by atoms with Gasteiger partial charge in [0.2, 0.25) is 5.88 Å². The molecular formula is C28H37N3O3. The molecule has 0 saturated heterocycles. The number of rotatable bonds is 13. The molecule has 182 valence electrons. The largest absolute Gasteiger partial charge is 0.493 e. The summed E-state index contributed by atoms with van der Waals surface area (Å²) in [5.41, 5.74) is 2.89. The molecule has 0 unspecified atom stereocenters. The van der Waals surface area contributed by atoms with Crippen molar-refractivity contribution in [2.24, 2.45) is 7.05 Å². The van der Waals surface area contributed by atoms with Crippen LogP contribution in [-0.2, 0) is 13.6 Å². The quantitative estimate of drug-likeness (QED) is 0.324. The maximum atomic E-state index is 10.7. The minimum atomic E-state index is -0.428. The summed E-state index contributed by atoms with van der Waals surface area (Å²) >= 11 is 0. The van der Waals surface area contributed by atoms with Crippen LogP contribution in [0.5, 0.6) is 17.4 Å². The van der Waals surface area contributed by atoms with E-state index in [4.69, 9.17) is 14.6 Å². The van der Waals surface area contributed by atoms with Crippen molar-refractivity contribution in [1.29, 1.82) is 0 Å². The molecule has 0 bridgehead atoms. The Bertz CT molecular complexity index is 1050. The second-order valence-corrected chi connectivity index (χ2v) is 8.58. The van der Waals surface area contributed by atoms with Gasteiger partial charge in [-0.05, 0) is 38.3 Å². The highest BCUT2D eigenvalue weighted by atomic mass is 16.5. The molecule has 0 spiro atoms. The second kappa shape index (κ2) is 12.4. The fraction of sp³-hybridized carbons (Fsp3) is 0.393. The molecule has 0 aliphatic heterocycles. The van der Waals surface area contributed by atoms with Crippen LogP contribution in [0.1, 0.15) is 38.7 Å². The first kappa shape index (κ1) is 25.5. The highest BCUT2D eigenvalue weighted by Gasteiger charge is 2.25. The number of hydrogen-bond acceptors (Lipinski definition) is 5. The predicted octanol–water partition coefficient (Wildman–Crippen LogP) is 5.82. The Balaban J connectivity index is 2.03. The van der Waals surface area contributed by atoms with E-state index in [0.717, 1.165) is 29.7 Å². The van der Waals surface area contributed by atoms with Crippen LogP contribution in [0.25, 0.3) is 11.3 Å². The lowest BCUT2D eigenvalue weighted by Gasteiger charge is -2.30. The Morgan fingerprint density at radius 3 is 2.44 bits per heavy atom. The molecule has 3 aromatic rings. The van der Waals surface area contributed by atoms with Crippen LogP contribution in [0, 0.1) is 0 Å². The molecule has 2 atom stereocenters. The van der Waals surface area contributed by atoms with E-state index in [9.17, 15) is 5.11 Å². The number of nitrogens with zero attached hydrogens (tertiary/aromatic N) is 3. The van der Waals surface area contributed by atoms with Crippen LogP contribution in [0.15, 0.2) is 67.3 Å². The summed E-state index contributed by atoms with van der Waals surface area (Å²) in [6.07, 6.45) is 3.88. The third kappa shape index (κ3) is 6.27. The third-order valence-corrected chi connectivity index (χ3v) is 6.14. The van der Waals surface area contributed by atoms with E-state index in [2.05, 4.69) is 37.5 Å². The lowest BCUT2D eigenvalue weighted by molar-refractivity contribution is 0.0795. The zero-order valence-corrected chi connectivity index (χ0v) is 20.8. The summed E-state index contributed by atoms with van der Waals surface area (Å²) in [5, 5.41) is 15.5. The SMILES string of the molecule is C=CCC[C@H](O)CN(Cc1c(-c2ccccc2)nn(C)c1Oc1ccccc1OC)[C@@H](C)CC. The molecule has 0 aliphatic rings. The van der Waals surface area contributed by atoms with Crippen molar-refractivity contribution in [3.8, 4) is 28.6 Å². The van der Waals surface area contributed by atoms with E-state index in [-0.39, 0.29) is 6.04 Å². The Hall–Kier alpha value is -3.09. The second-order valence-electron chi connectivity index (χ2n) is 8.58. The van der Waals surface area contributed by atoms with Gasteiger partial charge in [0, 0.05) is 31.7 Å². The van der Waals surface area contributed by atoms with Crippen LogP contribution < -0.4 is 9.47 Å². The fourth-order valence-electron chi connectivity index (χ4n) is 3.99. The Labute approximate surface area is 203 Å². The van der Waals surface area contributed by atoms with Gasteiger partial charge in [-0.15, -0.1) is 6.58 Å². The minimum absolute atomic E-state index is 0.279. The number of para-hydroxylation sites is 2. The topological polar surface area (TPSA) is 59.8 Å². The fourth-order valence-corrected chi connectivity index (χ4v) is 3.99. The highest BCUT2D eigenvalue weighted by molar-refractivity contribution is 5.66. The van der Waals surface area contributed by atoms with Crippen LogP contribution in [0.2, 0.25) is 0 Å². The summed E-state index contributed by atoms with van der Waals surface area (Å²) in [6.45, 7) is 9.31. The summed E-state index contributed by atoms with van der Waals surface area (Å²) in [6, 6.07) is 18.0. The van der Waals surface area contributed by atoms with E-state index in [1.54, 1.807) is 11.8 Å². The van der Waals surface area contributed by atoms with Gasteiger partial charge in [-0.1, -0.05) is 55.5 Å². The average molecular weight is 464 g/mol. The molecule has 6 nitrogen and oxygen atoms in total. The number of aryl methyl sites for hydroxylation is 1. The first-order valence-electron chi connectivity index (χ1n) is 11.9. The number of methoxy groups -OCH3 is 1. The highest BCUT2D eigenvalue weighted by Crippen LogP contribution is 2.37. The van der Waals surface area contributed by atoms with Crippen LogP contribution in [0.4, 0.5) is 0 Å². The molecule has 1 heterocycles. The third-order valence-electron chi connectivity index (χ3n) is 6.14. The molecule has 0 saturated carbocycles. The summed E-state index contributed by atoms with van der Waals surface area (Å²) in [4.78, 5) is 2.31. The predicted molar refractivity (Wildman–Crippen MR) is 137 cm³/mol. The molecule has 34 heavy (non-hydrogen) atoms. The van der Waals surface area contributed by atoms with Gasteiger partial charge in [0.25, 0.3) is 0 Å². The number of ether oxygens (including phenoxy) is 2. The number of allylic oxidation sites excluding steroid dienone is 1. The van der Waals surface area contributed by atoms with Crippen molar-refractivity contribution in [2.75, 3.05) is 13.7 Å². The van der Waals surface area contributed by atoms with Crippen LogP contribution in [0.3, 0.4) is 0 Å². The number of benzene rings is 2. The van der Waals surface area contributed by atoms with Crippen LogP contribution >= 0.6 is 0 Å². The van der Waals surface area contributed by atoms with Crippen molar-refractivity contribution in [3.05, 3.63) is 72.8 Å². The van der Waals surface area contributed by atoms with Gasteiger partial charge >= 0.3 is 0 Å². The van der Waals surface area contributed by atoms with E-state index >= 15 is 0 Å². The molecular weight excluding hydrogens is 426 g/mol. The number of aliphatic hydroxyl groups excluding tert-OH is 1. The van der Waals surface area contributed by atoms with Crippen molar-refractivity contribution in [3.63, 3.8) is 0 Å². The zero-order valence-electron chi connectivity index (χ0n) is 20.8.